The van der Waals surface area contributed by atoms with Gasteiger partial charge in [0.2, 0.25) is 0 Å². The molecule has 0 N–H and O–H groups in total. The van der Waals surface area contributed by atoms with Crippen molar-refractivity contribution in [3.63, 3.8) is 0 Å². The average Bonchev–Trinajstić information content (AvgIpc) is 3.13. The molecule has 2 aromatic rings. The summed E-state index contributed by atoms with van der Waals surface area (Å²) in [5.74, 6) is 0.899. The molecule has 1 aliphatic rings. The largest absolute Gasteiger partial charge is 0.490 e. The maximum Gasteiger partial charge on any atom is 0.333 e. The van der Waals surface area contributed by atoms with Crippen molar-refractivity contribution in [3.8, 4) is 11.5 Å². The SMILES string of the molecule is CCCOC(=O)C(c1ccccc1)N1C(=O)/C(=C\c2cc(Br)c(OCCC(C)C)c(OCC)c2)SC1=S. The van der Waals surface area contributed by atoms with Gasteiger partial charge in [0.05, 0.1) is 29.2 Å². The Balaban J connectivity index is 1.92. The molecule has 1 heterocycles. The molecule has 0 aromatic heterocycles. The summed E-state index contributed by atoms with van der Waals surface area (Å²) in [6, 6.07) is 11.9. The Morgan fingerprint density at radius 1 is 1.14 bits per heavy atom. The molecule has 0 spiro atoms. The monoisotopic (exact) mass is 605 g/mol. The van der Waals surface area contributed by atoms with Gasteiger partial charge >= 0.3 is 5.97 Å². The Bertz CT molecular complexity index is 1150. The first-order valence-electron chi connectivity index (χ1n) is 12.3. The van der Waals surface area contributed by atoms with Crippen molar-refractivity contribution in [1.29, 1.82) is 0 Å². The highest BCUT2D eigenvalue weighted by atomic mass is 79.9. The van der Waals surface area contributed by atoms with Gasteiger partial charge in [-0.2, -0.15) is 0 Å². The van der Waals surface area contributed by atoms with Crippen LogP contribution < -0.4 is 9.47 Å². The predicted molar refractivity (Wildman–Crippen MR) is 156 cm³/mol. The van der Waals surface area contributed by atoms with Gasteiger partial charge in [-0.25, -0.2) is 4.79 Å². The third-order valence-electron chi connectivity index (χ3n) is 5.44. The molecule has 1 unspecified atom stereocenters. The van der Waals surface area contributed by atoms with Gasteiger partial charge < -0.3 is 14.2 Å². The molecule has 0 aliphatic carbocycles. The number of hydrogen-bond donors (Lipinski definition) is 0. The van der Waals surface area contributed by atoms with E-state index < -0.39 is 12.0 Å². The number of halogens is 1. The second-order valence-electron chi connectivity index (χ2n) is 8.83. The number of amides is 1. The molecule has 0 radical (unpaired) electrons. The van der Waals surface area contributed by atoms with Gasteiger partial charge in [0.25, 0.3) is 5.91 Å². The number of rotatable bonds is 12. The molecule has 9 heteroatoms. The summed E-state index contributed by atoms with van der Waals surface area (Å²) in [5.41, 5.74) is 1.39. The summed E-state index contributed by atoms with van der Waals surface area (Å²) in [6.45, 7) is 9.43. The number of thiocarbonyl (C=S) groups is 1. The summed E-state index contributed by atoms with van der Waals surface area (Å²) in [7, 11) is 0. The van der Waals surface area contributed by atoms with E-state index in [1.165, 1.54) is 4.90 Å². The van der Waals surface area contributed by atoms with E-state index >= 15 is 0 Å². The minimum atomic E-state index is -0.950. The lowest BCUT2D eigenvalue weighted by atomic mass is 10.1. The molecular weight excluding hydrogens is 574 g/mol. The minimum Gasteiger partial charge on any atom is -0.490 e. The zero-order valence-corrected chi connectivity index (χ0v) is 24.7. The van der Waals surface area contributed by atoms with Crippen LogP contribution in [0.15, 0.2) is 51.8 Å². The van der Waals surface area contributed by atoms with E-state index in [1.807, 2.05) is 44.2 Å². The number of nitrogens with zero attached hydrogens (tertiary/aromatic N) is 1. The number of ether oxygens (including phenoxy) is 3. The van der Waals surface area contributed by atoms with Crippen molar-refractivity contribution in [3.05, 3.63) is 63.0 Å². The van der Waals surface area contributed by atoms with Gasteiger partial charge in [-0.15, -0.1) is 0 Å². The van der Waals surface area contributed by atoms with Gasteiger partial charge in [0.15, 0.2) is 17.5 Å². The molecule has 0 saturated carbocycles. The molecule has 2 aromatic carbocycles. The molecule has 0 bridgehead atoms. The van der Waals surface area contributed by atoms with Crippen molar-refractivity contribution in [2.24, 2.45) is 5.92 Å². The fourth-order valence-corrected chi connectivity index (χ4v) is 5.52. The zero-order chi connectivity index (χ0) is 26.9. The standard InChI is InChI=1S/C28H32BrNO5S2/c1-5-13-35-27(32)24(20-10-8-7-9-11-20)30-26(31)23(37-28(30)36)17-19-15-21(29)25(22(16-19)33-6-2)34-14-12-18(3)4/h7-11,15-18,24H,5-6,12-14H2,1-4H3/b23-17+. The summed E-state index contributed by atoms with van der Waals surface area (Å²) in [5, 5.41) is 0. The highest BCUT2D eigenvalue weighted by Crippen LogP contribution is 2.41. The fourth-order valence-electron chi connectivity index (χ4n) is 3.63. The van der Waals surface area contributed by atoms with Crippen LogP contribution in [0.1, 0.15) is 57.7 Å². The van der Waals surface area contributed by atoms with Crippen LogP contribution in [0, 0.1) is 5.92 Å². The predicted octanol–water partition coefficient (Wildman–Crippen LogP) is 7.17. The molecule has 1 aliphatic heterocycles. The lowest BCUT2D eigenvalue weighted by Crippen LogP contribution is -2.38. The van der Waals surface area contributed by atoms with Crippen LogP contribution in [-0.4, -0.2) is 40.9 Å². The maximum atomic E-state index is 13.6. The first-order valence-corrected chi connectivity index (χ1v) is 14.4. The van der Waals surface area contributed by atoms with Crippen LogP contribution >= 0.6 is 39.9 Å². The van der Waals surface area contributed by atoms with Crippen LogP contribution in [0.4, 0.5) is 0 Å². The lowest BCUT2D eigenvalue weighted by Gasteiger charge is -2.25. The van der Waals surface area contributed by atoms with Crippen molar-refractivity contribution >= 4 is 62.2 Å². The third kappa shape index (κ3) is 7.58. The second-order valence-corrected chi connectivity index (χ2v) is 11.4. The van der Waals surface area contributed by atoms with Gasteiger partial charge in [0.1, 0.15) is 4.32 Å². The van der Waals surface area contributed by atoms with Crippen molar-refractivity contribution in [2.75, 3.05) is 19.8 Å². The molecule has 37 heavy (non-hydrogen) atoms. The van der Waals surface area contributed by atoms with E-state index in [0.29, 0.717) is 51.8 Å². The highest BCUT2D eigenvalue weighted by Gasteiger charge is 2.42. The first kappa shape index (κ1) is 29.2. The Hall–Kier alpha value is -2.36. The summed E-state index contributed by atoms with van der Waals surface area (Å²) in [4.78, 5) is 28.3. The number of esters is 1. The normalized spacial score (nSPS) is 15.4. The van der Waals surface area contributed by atoms with Gasteiger partial charge in [-0.1, -0.05) is 75.1 Å². The molecule has 1 amide bonds. The van der Waals surface area contributed by atoms with E-state index in [2.05, 4.69) is 29.8 Å². The van der Waals surface area contributed by atoms with E-state index in [-0.39, 0.29) is 12.5 Å². The quantitative estimate of drug-likeness (QED) is 0.144. The van der Waals surface area contributed by atoms with Gasteiger partial charge in [0, 0.05) is 0 Å². The van der Waals surface area contributed by atoms with Crippen LogP contribution in [0.3, 0.4) is 0 Å². The Kier molecular flexibility index (Phi) is 11.0. The van der Waals surface area contributed by atoms with Crippen LogP contribution in [-0.2, 0) is 14.3 Å². The molecule has 1 fully saturated rings. The number of thioether (sulfide) groups is 1. The van der Waals surface area contributed by atoms with Crippen LogP contribution in [0.25, 0.3) is 6.08 Å². The molecule has 1 atom stereocenters. The van der Waals surface area contributed by atoms with Crippen molar-refractivity contribution < 1.29 is 23.8 Å². The first-order chi connectivity index (χ1) is 17.8. The second kappa shape index (κ2) is 14.0. The summed E-state index contributed by atoms with van der Waals surface area (Å²) >= 11 is 10.3. The van der Waals surface area contributed by atoms with Crippen LogP contribution in [0.5, 0.6) is 11.5 Å². The third-order valence-corrected chi connectivity index (χ3v) is 7.36. The number of carbonyl (C=O) groups excluding carboxylic acids is 2. The van der Waals surface area contributed by atoms with E-state index in [4.69, 9.17) is 26.4 Å². The minimum absolute atomic E-state index is 0.270. The molecule has 198 valence electrons. The number of carbonyl (C=O) groups is 2. The summed E-state index contributed by atoms with van der Waals surface area (Å²) in [6.07, 6.45) is 3.36. The highest BCUT2D eigenvalue weighted by molar-refractivity contribution is 9.10. The van der Waals surface area contributed by atoms with E-state index in [1.54, 1.807) is 18.2 Å². The van der Waals surface area contributed by atoms with Crippen molar-refractivity contribution in [2.45, 2.75) is 46.6 Å². The Labute approximate surface area is 236 Å². The average molecular weight is 607 g/mol. The summed E-state index contributed by atoms with van der Waals surface area (Å²) < 4.78 is 18.3. The fraction of sp³-hybridized carbons (Fsp3) is 0.393. The van der Waals surface area contributed by atoms with E-state index in [0.717, 1.165) is 28.2 Å². The van der Waals surface area contributed by atoms with E-state index in [9.17, 15) is 9.59 Å². The van der Waals surface area contributed by atoms with Gasteiger partial charge in [-0.05, 0) is 70.9 Å². The Morgan fingerprint density at radius 3 is 2.51 bits per heavy atom. The topological polar surface area (TPSA) is 65.1 Å². The maximum absolute atomic E-state index is 13.6. The zero-order valence-electron chi connectivity index (χ0n) is 21.5. The molecule has 1 saturated heterocycles. The molecule has 6 nitrogen and oxygen atoms in total. The number of hydrogen-bond acceptors (Lipinski definition) is 7. The van der Waals surface area contributed by atoms with Gasteiger partial charge in [-0.3, -0.25) is 9.69 Å². The smallest absolute Gasteiger partial charge is 0.333 e. The Morgan fingerprint density at radius 2 is 1.86 bits per heavy atom. The number of benzene rings is 2. The molecule has 3 rings (SSSR count). The van der Waals surface area contributed by atoms with Crippen molar-refractivity contribution in [1.82, 2.24) is 4.90 Å². The lowest BCUT2D eigenvalue weighted by molar-refractivity contribution is -0.151. The molecular formula is C28H32BrNO5S2. The van der Waals surface area contributed by atoms with Crippen LogP contribution in [0.2, 0.25) is 0 Å².